The van der Waals surface area contributed by atoms with Crippen molar-refractivity contribution in [3.8, 4) is 5.75 Å². The molecule has 7 heteroatoms. The van der Waals surface area contributed by atoms with Crippen LogP contribution >= 0.6 is 0 Å². The number of unbranched alkanes of at least 4 members (excludes halogenated alkanes) is 2. The highest BCUT2D eigenvalue weighted by Gasteiger charge is 2.21. The number of nitrogens with one attached hydrogen (secondary N) is 2. The minimum atomic E-state index is -3.61. The van der Waals surface area contributed by atoms with Gasteiger partial charge in [0.15, 0.2) is 0 Å². The number of carbonyl (C=O) groups is 1. The van der Waals surface area contributed by atoms with Crippen LogP contribution in [0.4, 0.5) is 5.69 Å². The van der Waals surface area contributed by atoms with Crippen LogP contribution in [0.25, 0.3) is 0 Å². The zero-order valence-corrected chi connectivity index (χ0v) is 14.8. The SMILES string of the molecule is CCCCCNC(=O)C(C)CS(=O)(=O)Nc1cccc(OC)c1. The third kappa shape index (κ3) is 7.36. The standard InChI is InChI=1S/C16H26N2O4S/c1-4-5-6-10-17-16(19)13(2)12-23(20,21)18-14-8-7-9-15(11-14)22-3/h7-9,11,13,18H,4-6,10,12H2,1-3H3,(H,17,19). The van der Waals surface area contributed by atoms with Crippen LogP contribution in [0.1, 0.15) is 33.1 Å². The van der Waals surface area contributed by atoms with Crippen LogP contribution < -0.4 is 14.8 Å². The van der Waals surface area contributed by atoms with Crippen molar-refractivity contribution in [1.29, 1.82) is 0 Å². The lowest BCUT2D eigenvalue weighted by Crippen LogP contribution is -2.35. The number of rotatable bonds is 10. The zero-order valence-electron chi connectivity index (χ0n) is 14.0. The van der Waals surface area contributed by atoms with Crippen molar-refractivity contribution in [3.05, 3.63) is 24.3 Å². The van der Waals surface area contributed by atoms with E-state index in [9.17, 15) is 13.2 Å². The van der Waals surface area contributed by atoms with Crippen LogP contribution in [-0.4, -0.2) is 33.7 Å². The van der Waals surface area contributed by atoms with E-state index in [0.717, 1.165) is 19.3 Å². The fourth-order valence-corrected chi connectivity index (χ4v) is 3.45. The maximum atomic E-state index is 12.2. The lowest BCUT2D eigenvalue weighted by Gasteiger charge is -2.14. The Bertz CT molecular complexity index is 602. The summed E-state index contributed by atoms with van der Waals surface area (Å²) in [6, 6.07) is 6.65. The first kappa shape index (κ1) is 19.3. The van der Waals surface area contributed by atoms with Crippen LogP contribution in [0.5, 0.6) is 5.75 Å². The summed E-state index contributed by atoms with van der Waals surface area (Å²) in [4.78, 5) is 11.9. The third-order valence-corrected chi connectivity index (χ3v) is 4.83. The second-order valence-corrected chi connectivity index (χ2v) is 7.28. The molecule has 0 saturated heterocycles. The average molecular weight is 342 g/mol. The Morgan fingerprint density at radius 1 is 1.30 bits per heavy atom. The highest BCUT2D eigenvalue weighted by Crippen LogP contribution is 2.18. The largest absolute Gasteiger partial charge is 0.497 e. The molecule has 23 heavy (non-hydrogen) atoms. The monoisotopic (exact) mass is 342 g/mol. The molecule has 0 aliphatic carbocycles. The van der Waals surface area contributed by atoms with Crippen molar-refractivity contribution < 1.29 is 17.9 Å². The Labute approximate surface area is 138 Å². The highest BCUT2D eigenvalue weighted by atomic mass is 32.2. The summed E-state index contributed by atoms with van der Waals surface area (Å²) >= 11 is 0. The fraction of sp³-hybridized carbons (Fsp3) is 0.562. The van der Waals surface area contributed by atoms with Gasteiger partial charge in [0.1, 0.15) is 5.75 Å². The summed E-state index contributed by atoms with van der Waals surface area (Å²) in [5, 5.41) is 2.77. The Morgan fingerprint density at radius 2 is 2.04 bits per heavy atom. The highest BCUT2D eigenvalue weighted by molar-refractivity contribution is 7.92. The summed E-state index contributed by atoms with van der Waals surface area (Å²) in [6.45, 7) is 4.28. The number of methoxy groups -OCH3 is 1. The van der Waals surface area contributed by atoms with Gasteiger partial charge in [0, 0.05) is 12.6 Å². The minimum Gasteiger partial charge on any atom is -0.497 e. The van der Waals surface area contributed by atoms with Gasteiger partial charge in [-0.1, -0.05) is 32.8 Å². The first-order valence-corrected chi connectivity index (χ1v) is 9.45. The van der Waals surface area contributed by atoms with E-state index in [2.05, 4.69) is 17.0 Å². The number of amides is 1. The maximum Gasteiger partial charge on any atom is 0.233 e. The molecule has 0 fully saturated rings. The van der Waals surface area contributed by atoms with Gasteiger partial charge in [0.25, 0.3) is 0 Å². The molecular formula is C16H26N2O4S. The topological polar surface area (TPSA) is 84.5 Å². The molecule has 0 radical (unpaired) electrons. The summed E-state index contributed by atoms with van der Waals surface area (Å²) in [5.41, 5.74) is 0.417. The van der Waals surface area contributed by atoms with Gasteiger partial charge in [-0.25, -0.2) is 8.42 Å². The Morgan fingerprint density at radius 3 is 2.70 bits per heavy atom. The number of sulfonamides is 1. The molecule has 0 spiro atoms. The smallest absolute Gasteiger partial charge is 0.233 e. The van der Waals surface area contributed by atoms with Gasteiger partial charge in [-0.3, -0.25) is 9.52 Å². The molecule has 2 N–H and O–H groups in total. The van der Waals surface area contributed by atoms with E-state index in [4.69, 9.17) is 4.74 Å². The molecule has 1 atom stereocenters. The maximum absolute atomic E-state index is 12.2. The van der Waals surface area contributed by atoms with E-state index < -0.39 is 15.9 Å². The van der Waals surface area contributed by atoms with Gasteiger partial charge < -0.3 is 10.1 Å². The van der Waals surface area contributed by atoms with Gasteiger partial charge in [0.2, 0.25) is 15.9 Å². The van der Waals surface area contributed by atoms with E-state index in [-0.39, 0.29) is 11.7 Å². The normalized spacial score (nSPS) is 12.5. The van der Waals surface area contributed by atoms with Gasteiger partial charge >= 0.3 is 0 Å². The minimum absolute atomic E-state index is 0.239. The van der Waals surface area contributed by atoms with Crippen LogP contribution in [0, 0.1) is 5.92 Å². The van der Waals surface area contributed by atoms with E-state index in [0.29, 0.717) is 18.0 Å². The number of hydrogen-bond donors (Lipinski definition) is 2. The van der Waals surface area contributed by atoms with Gasteiger partial charge in [0.05, 0.1) is 24.5 Å². The second-order valence-electron chi connectivity index (χ2n) is 5.51. The number of anilines is 1. The molecule has 0 bridgehead atoms. The summed E-state index contributed by atoms with van der Waals surface area (Å²) in [5.74, 6) is -0.548. The number of carbonyl (C=O) groups excluding carboxylic acids is 1. The van der Waals surface area contributed by atoms with Crippen molar-refractivity contribution in [3.63, 3.8) is 0 Å². The Balaban J connectivity index is 2.54. The lowest BCUT2D eigenvalue weighted by molar-refractivity contribution is -0.123. The van der Waals surface area contributed by atoms with Gasteiger partial charge in [-0.2, -0.15) is 0 Å². The molecule has 1 aromatic carbocycles. The summed E-state index contributed by atoms with van der Waals surface area (Å²) in [7, 11) is -2.09. The van der Waals surface area contributed by atoms with Crippen LogP contribution in [0.3, 0.4) is 0 Å². The number of benzene rings is 1. The molecule has 0 aliphatic rings. The number of hydrogen-bond acceptors (Lipinski definition) is 4. The first-order valence-electron chi connectivity index (χ1n) is 7.80. The van der Waals surface area contributed by atoms with Gasteiger partial charge in [-0.15, -0.1) is 0 Å². The van der Waals surface area contributed by atoms with Crippen molar-refractivity contribution in [2.75, 3.05) is 24.1 Å². The second kappa shape index (κ2) is 9.39. The first-order chi connectivity index (χ1) is 10.9. The molecular weight excluding hydrogens is 316 g/mol. The van der Waals surface area contributed by atoms with Crippen LogP contribution in [0.2, 0.25) is 0 Å². The summed E-state index contributed by atoms with van der Waals surface area (Å²) in [6.07, 6.45) is 3.03. The van der Waals surface area contributed by atoms with E-state index in [1.807, 2.05) is 0 Å². The van der Waals surface area contributed by atoms with Crippen molar-refractivity contribution in [2.45, 2.75) is 33.1 Å². The quantitative estimate of drug-likeness (QED) is 0.639. The lowest BCUT2D eigenvalue weighted by atomic mass is 10.2. The molecule has 0 saturated carbocycles. The molecule has 130 valence electrons. The predicted octanol–water partition coefficient (Wildman–Crippen LogP) is 2.38. The fourth-order valence-electron chi connectivity index (χ4n) is 2.07. The third-order valence-electron chi connectivity index (χ3n) is 3.34. The van der Waals surface area contributed by atoms with E-state index in [1.165, 1.54) is 7.11 Å². The zero-order chi connectivity index (χ0) is 17.3. The Hall–Kier alpha value is -1.76. The molecule has 0 heterocycles. The molecule has 1 amide bonds. The predicted molar refractivity (Wildman–Crippen MR) is 92.1 cm³/mol. The molecule has 0 aromatic heterocycles. The van der Waals surface area contributed by atoms with E-state index >= 15 is 0 Å². The van der Waals surface area contributed by atoms with Crippen molar-refractivity contribution in [1.82, 2.24) is 5.32 Å². The van der Waals surface area contributed by atoms with Crippen molar-refractivity contribution in [2.24, 2.45) is 5.92 Å². The molecule has 0 aliphatic heterocycles. The van der Waals surface area contributed by atoms with Crippen LogP contribution in [0.15, 0.2) is 24.3 Å². The van der Waals surface area contributed by atoms with Gasteiger partial charge in [-0.05, 0) is 18.6 Å². The van der Waals surface area contributed by atoms with Crippen LogP contribution in [-0.2, 0) is 14.8 Å². The van der Waals surface area contributed by atoms with Crippen molar-refractivity contribution >= 4 is 21.6 Å². The number of ether oxygens (including phenoxy) is 1. The molecule has 1 unspecified atom stereocenters. The molecule has 1 rings (SSSR count). The average Bonchev–Trinajstić information content (AvgIpc) is 2.50. The molecule has 1 aromatic rings. The summed E-state index contributed by atoms with van der Waals surface area (Å²) < 4.78 is 31.8. The molecule has 6 nitrogen and oxygen atoms in total. The van der Waals surface area contributed by atoms with E-state index in [1.54, 1.807) is 31.2 Å². The Kier molecular flexibility index (Phi) is 7.88.